The lowest BCUT2D eigenvalue weighted by molar-refractivity contribution is -0.131. The molecule has 1 aliphatic heterocycles. The van der Waals surface area contributed by atoms with Gasteiger partial charge in [-0.15, -0.1) is 5.10 Å². The summed E-state index contributed by atoms with van der Waals surface area (Å²) < 4.78 is 15.0. The summed E-state index contributed by atoms with van der Waals surface area (Å²) in [7, 11) is 0. The lowest BCUT2D eigenvalue weighted by Gasteiger charge is -2.37. The van der Waals surface area contributed by atoms with Gasteiger partial charge in [-0.05, 0) is 116 Å². The standard InChI is InChI=1S/C36H35FN8O4/c1-19(41-18-31(46)44-27(17-38)14-24-15-30(24)44)16-36(34-42-35(49)45(43-34)26-8-6-25(37)7-9-26)28-10-4-22(32(39)47)12-20(28)2-3-21-13-23(33(40)48)5-11-29(21)36/h4-13,19,24,27,30,41H,2-3,14-16,18H2,1H3,(H2,39,47)(H2,40,48)(H,42,43,49)/t19-,24-,27+,30+/m1/s1. The summed E-state index contributed by atoms with van der Waals surface area (Å²) in [5.74, 6) is -1.14. The fraction of sp³-hybridized carbons (Fsp3) is 0.333. The second kappa shape index (κ2) is 12.1. The maximum absolute atomic E-state index is 13.8. The average Bonchev–Trinajstić information content (AvgIpc) is 3.62. The van der Waals surface area contributed by atoms with Crippen LogP contribution in [0.25, 0.3) is 5.69 Å². The largest absolute Gasteiger partial charge is 0.366 e. The lowest BCUT2D eigenvalue weighted by Crippen LogP contribution is -2.46. The number of nitrogens with zero attached hydrogens (tertiary/aromatic N) is 4. The molecular formula is C36H35FN8O4. The zero-order valence-electron chi connectivity index (χ0n) is 26.8. The smallest absolute Gasteiger partial charge is 0.348 e. The average molecular weight is 663 g/mol. The third-order valence-electron chi connectivity index (χ3n) is 10.2. The number of carbonyl (C=O) groups is 3. The second-order valence-corrected chi connectivity index (χ2v) is 13.3. The molecule has 6 N–H and O–H groups in total. The van der Waals surface area contributed by atoms with Crippen LogP contribution in [0.5, 0.6) is 0 Å². The molecule has 7 rings (SSSR count). The minimum atomic E-state index is -1.18. The van der Waals surface area contributed by atoms with E-state index < -0.39 is 34.8 Å². The highest BCUT2D eigenvalue weighted by atomic mass is 19.1. The van der Waals surface area contributed by atoms with E-state index in [1.807, 2.05) is 19.1 Å². The number of rotatable bonds is 9. The lowest BCUT2D eigenvalue weighted by atomic mass is 9.67. The molecule has 12 nitrogen and oxygen atoms in total. The van der Waals surface area contributed by atoms with Crippen molar-refractivity contribution in [1.82, 2.24) is 25.0 Å². The van der Waals surface area contributed by atoms with Gasteiger partial charge in [0.1, 0.15) is 17.7 Å². The molecule has 250 valence electrons. The number of aromatic amines is 1. The van der Waals surface area contributed by atoms with Gasteiger partial charge in [-0.25, -0.2) is 9.18 Å². The van der Waals surface area contributed by atoms with Crippen LogP contribution in [-0.4, -0.2) is 62.1 Å². The zero-order chi connectivity index (χ0) is 34.6. The van der Waals surface area contributed by atoms with E-state index in [4.69, 9.17) is 16.6 Å². The number of nitriles is 1. The number of aryl methyl sites for hydroxylation is 2. The number of hydrogen-bond donors (Lipinski definition) is 4. The topological polar surface area (TPSA) is 193 Å². The molecule has 0 radical (unpaired) electrons. The summed E-state index contributed by atoms with van der Waals surface area (Å²) in [6.45, 7) is 1.93. The number of primary amides is 2. The molecule has 1 aromatic heterocycles. The molecule has 3 aromatic carbocycles. The zero-order valence-corrected chi connectivity index (χ0v) is 26.8. The number of aromatic nitrogens is 3. The Labute approximate surface area is 280 Å². The highest BCUT2D eigenvalue weighted by Gasteiger charge is 2.54. The first-order valence-electron chi connectivity index (χ1n) is 16.3. The minimum absolute atomic E-state index is 0.000126. The number of amides is 3. The fourth-order valence-corrected chi connectivity index (χ4v) is 7.82. The Morgan fingerprint density at radius 2 is 1.63 bits per heavy atom. The monoisotopic (exact) mass is 662 g/mol. The Hall–Kier alpha value is -5.61. The van der Waals surface area contributed by atoms with Crippen molar-refractivity contribution in [3.8, 4) is 11.8 Å². The van der Waals surface area contributed by atoms with E-state index in [1.54, 1.807) is 29.2 Å². The Morgan fingerprint density at radius 3 is 2.20 bits per heavy atom. The summed E-state index contributed by atoms with van der Waals surface area (Å²) in [6.07, 6.45) is 2.84. The van der Waals surface area contributed by atoms with Gasteiger partial charge in [0.05, 0.1) is 23.7 Å². The number of piperidine rings is 1. The molecule has 0 spiro atoms. The SMILES string of the molecule is C[C@H](CC1(c2nn(-c3ccc(F)cc3)c(=O)[nH]2)c2ccc(C(N)=O)cc2CCc2cc(C(N)=O)ccc21)NCC(=O)N1[C@H](C#N)C[C@@H]2C[C@@H]21. The Balaban J connectivity index is 1.37. The van der Waals surface area contributed by atoms with Crippen LogP contribution in [0.1, 0.15) is 75.0 Å². The number of nitrogens with one attached hydrogen (secondary N) is 2. The maximum Gasteiger partial charge on any atom is 0.348 e. The van der Waals surface area contributed by atoms with Crippen molar-refractivity contribution in [3.63, 3.8) is 0 Å². The molecule has 3 aliphatic rings. The van der Waals surface area contributed by atoms with Crippen molar-refractivity contribution in [3.05, 3.63) is 116 Å². The Morgan fingerprint density at radius 1 is 1.02 bits per heavy atom. The first-order valence-corrected chi connectivity index (χ1v) is 16.3. The number of hydrogen-bond acceptors (Lipinski definition) is 7. The van der Waals surface area contributed by atoms with E-state index in [0.29, 0.717) is 42.0 Å². The van der Waals surface area contributed by atoms with Crippen LogP contribution < -0.4 is 22.5 Å². The van der Waals surface area contributed by atoms with E-state index in [9.17, 15) is 28.8 Å². The maximum atomic E-state index is 13.8. The van der Waals surface area contributed by atoms with Gasteiger partial charge in [0.25, 0.3) is 0 Å². The molecule has 13 heteroatoms. The van der Waals surface area contributed by atoms with Gasteiger partial charge < -0.3 is 21.7 Å². The van der Waals surface area contributed by atoms with Crippen LogP contribution >= 0.6 is 0 Å². The van der Waals surface area contributed by atoms with Gasteiger partial charge in [-0.1, -0.05) is 12.1 Å². The van der Waals surface area contributed by atoms with Crippen molar-refractivity contribution in [2.45, 2.75) is 62.6 Å². The normalized spacial score (nSPS) is 20.7. The van der Waals surface area contributed by atoms with Gasteiger partial charge in [-0.2, -0.15) is 9.94 Å². The number of H-pyrrole nitrogens is 1. The van der Waals surface area contributed by atoms with E-state index in [2.05, 4.69) is 16.4 Å². The molecule has 0 bridgehead atoms. The third kappa shape index (κ3) is 5.57. The molecule has 4 atom stereocenters. The highest BCUT2D eigenvalue weighted by molar-refractivity contribution is 5.94. The molecule has 49 heavy (non-hydrogen) atoms. The summed E-state index contributed by atoms with van der Waals surface area (Å²) in [5, 5.41) is 17.8. The number of benzene rings is 3. The van der Waals surface area contributed by atoms with Crippen LogP contribution in [0.2, 0.25) is 0 Å². The van der Waals surface area contributed by atoms with Gasteiger partial charge in [0, 0.05) is 23.2 Å². The minimum Gasteiger partial charge on any atom is -0.366 e. The quantitative estimate of drug-likeness (QED) is 0.211. The van der Waals surface area contributed by atoms with Crippen molar-refractivity contribution in [1.29, 1.82) is 5.26 Å². The van der Waals surface area contributed by atoms with Crippen LogP contribution in [0.3, 0.4) is 0 Å². The molecule has 1 saturated carbocycles. The van der Waals surface area contributed by atoms with Crippen LogP contribution in [-0.2, 0) is 23.1 Å². The predicted molar refractivity (Wildman–Crippen MR) is 176 cm³/mol. The predicted octanol–water partition coefficient (Wildman–Crippen LogP) is 2.21. The first-order chi connectivity index (χ1) is 23.5. The Bertz CT molecular complexity index is 2030. The molecule has 2 heterocycles. The van der Waals surface area contributed by atoms with Crippen LogP contribution in [0.4, 0.5) is 4.39 Å². The number of fused-ring (bicyclic) bond motifs is 3. The third-order valence-corrected chi connectivity index (χ3v) is 10.2. The molecule has 2 fully saturated rings. The van der Waals surface area contributed by atoms with Crippen molar-refractivity contribution >= 4 is 17.7 Å². The molecule has 3 amide bonds. The van der Waals surface area contributed by atoms with Gasteiger partial charge in [0.15, 0.2) is 0 Å². The molecular weight excluding hydrogens is 627 g/mol. The second-order valence-electron chi connectivity index (χ2n) is 13.3. The van der Waals surface area contributed by atoms with E-state index in [-0.39, 0.29) is 36.8 Å². The van der Waals surface area contributed by atoms with E-state index in [0.717, 1.165) is 28.7 Å². The molecule has 0 unspecified atom stereocenters. The van der Waals surface area contributed by atoms with Crippen LogP contribution in [0, 0.1) is 23.1 Å². The van der Waals surface area contributed by atoms with Gasteiger partial charge >= 0.3 is 5.69 Å². The van der Waals surface area contributed by atoms with E-state index in [1.165, 1.54) is 28.9 Å². The number of carbonyl (C=O) groups excluding carboxylic acids is 3. The summed E-state index contributed by atoms with van der Waals surface area (Å²) in [5.41, 5.74) is 13.7. The van der Waals surface area contributed by atoms with Crippen molar-refractivity contribution in [2.75, 3.05) is 6.54 Å². The number of halogens is 1. The van der Waals surface area contributed by atoms with Gasteiger partial charge in [0.2, 0.25) is 17.7 Å². The van der Waals surface area contributed by atoms with E-state index >= 15 is 0 Å². The number of nitrogens with two attached hydrogens (primary N) is 2. The highest BCUT2D eigenvalue weighted by Crippen LogP contribution is 2.48. The summed E-state index contributed by atoms with van der Waals surface area (Å²) >= 11 is 0. The van der Waals surface area contributed by atoms with Crippen molar-refractivity contribution < 1.29 is 18.8 Å². The van der Waals surface area contributed by atoms with Crippen LogP contribution in [0.15, 0.2) is 65.5 Å². The first kappa shape index (κ1) is 32.0. The molecule has 2 aliphatic carbocycles. The van der Waals surface area contributed by atoms with Gasteiger partial charge in [-0.3, -0.25) is 19.4 Å². The summed E-state index contributed by atoms with van der Waals surface area (Å²) in [4.78, 5) is 56.3. The summed E-state index contributed by atoms with van der Waals surface area (Å²) in [6, 6.07) is 17.3. The number of likely N-dealkylation sites (tertiary alicyclic amines) is 1. The fourth-order valence-electron chi connectivity index (χ4n) is 7.82. The molecule has 1 saturated heterocycles. The Kier molecular flexibility index (Phi) is 7.91. The van der Waals surface area contributed by atoms with Crippen molar-refractivity contribution in [2.24, 2.45) is 17.4 Å². The molecule has 4 aromatic rings.